The fourth-order valence-electron chi connectivity index (χ4n) is 3.02. The van der Waals surface area contributed by atoms with Crippen LogP contribution in [0.2, 0.25) is 0 Å². The molecule has 3 rings (SSSR count). The summed E-state index contributed by atoms with van der Waals surface area (Å²) >= 11 is 0. The lowest BCUT2D eigenvalue weighted by atomic mass is 10.1. The second kappa shape index (κ2) is 5.36. The minimum Gasteiger partial charge on any atom is -0.481 e. The smallest absolute Gasteiger partial charge is 0.307 e. The topological polar surface area (TPSA) is 110 Å². The number of anilines is 1. The Labute approximate surface area is 136 Å². The highest BCUT2D eigenvalue weighted by molar-refractivity contribution is 5.99. The van der Waals surface area contributed by atoms with E-state index in [1.807, 2.05) is 0 Å². The van der Waals surface area contributed by atoms with Crippen LogP contribution in [-0.2, 0) is 9.59 Å². The van der Waals surface area contributed by atoms with Crippen molar-refractivity contribution in [3.05, 3.63) is 29.8 Å². The van der Waals surface area contributed by atoms with Gasteiger partial charge < -0.3 is 10.4 Å². The second-order valence-corrected chi connectivity index (χ2v) is 6.41. The van der Waals surface area contributed by atoms with Gasteiger partial charge in [-0.1, -0.05) is 13.8 Å². The van der Waals surface area contributed by atoms with Crippen LogP contribution in [0.1, 0.15) is 19.7 Å². The van der Waals surface area contributed by atoms with E-state index in [9.17, 15) is 14.0 Å². The number of hydrogen-bond acceptors (Lipinski definition) is 5. The Morgan fingerprint density at radius 2 is 2.04 bits per heavy atom. The molecule has 9 heteroatoms. The molecule has 0 unspecified atom stereocenters. The molecule has 1 amide bonds. The van der Waals surface area contributed by atoms with Gasteiger partial charge in [-0.05, 0) is 41.0 Å². The molecule has 126 valence electrons. The summed E-state index contributed by atoms with van der Waals surface area (Å²) in [6.07, 6.45) is 0. The lowest BCUT2D eigenvalue weighted by Gasteiger charge is -2.09. The van der Waals surface area contributed by atoms with Crippen molar-refractivity contribution in [2.24, 2.45) is 17.3 Å². The molecule has 0 aliphatic heterocycles. The van der Waals surface area contributed by atoms with Gasteiger partial charge >= 0.3 is 5.97 Å². The van der Waals surface area contributed by atoms with Crippen molar-refractivity contribution >= 4 is 17.6 Å². The maximum Gasteiger partial charge on any atom is 0.307 e. The highest BCUT2D eigenvalue weighted by Gasteiger charge is 2.65. The number of aromatic nitrogens is 4. The molecule has 1 saturated carbocycles. The molecule has 24 heavy (non-hydrogen) atoms. The van der Waals surface area contributed by atoms with Gasteiger partial charge in [-0.2, -0.15) is 4.68 Å². The van der Waals surface area contributed by atoms with Crippen molar-refractivity contribution < 1.29 is 19.1 Å². The van der Waals surface area contributed by atoms with Crippen molar-refractivity contribution in [2.75, 3.05) is 5.32 Å². The molecular weight excluding hydrogens is 317 g/mol. The fraction of sp³-hybridized carbons (Fsp3) is 0.400. The van der Waals surface area contributed by atoms with Gasteiger partial charge in [0.2, 0.25) is 5.91 Å². The Kier molecular flexibility index (Phi) is 3.58. The summed E-state index contributed by atoms with van der Waals surface area (Å²) in [5.41, 5.74) is -0.163. The standard InChI is InChI=1S/C15H16FN5O3/c1-7-18-19-20-21(7)10-6-8(4-5-9(10)16)17-13(22)11-12(14(23)24)15(11,2)3/h4-6,11-12H,1-3H3,(H,17,22)(H,23,24)/t11-,12+/m0/s1. The number of hydrogen-bond donors (Lipinski definition) is 2. The van der Waals surface area contributed by atoms with E-state index in [1.54, 1.807) is 20.8 Å². The first-order valence-electron chi connectivity index (χ1n) is 7.32. The van der Waals surface area contributed by atoms with Crippen molar-refractivity contribution in [3.63, 3.8) is 0 Å². The molecule has 1 aliphatic carbocycles. The number of nitrogens with one attached hydrogen (secondary N) is 1. The van der Waals surface area contributed by atoms with Gasteiger partial charge in [-0.3, -0.25) is 9.59 Å². The number of rotatable bonds is 4. The number of carbonyl (C=O) groups is 2. The molecule has 2 N–H and O–H groups in total. The first-order chi connectivity index (χ1) is 11.2. The van der Waals surface area contributed by atoms with Gasteiger partial charge in [0.25, 0.3) is 0 Å². The molecule has 8 nitrogen and oxygen atoms in total. The van der Waals surface area contributed by atoms with Crippen LogP contribution in [-0.4, -0.2) is 37.2 Å². The van der Waals surface area contributed by atoms with Crippen LogP contribution in [0.25, 0.3) is 5.69 Å². The number of amides is 1. The number of carboxylic acids is 1. The molecule has 1 fully saturated rings. The van der Waals surface area contributed by atoms with E-state index >= 15 is 0 Å². The zero-order valence-electron chi connectivity index (χ0n) is 13.3. The molecule has 0 saturated heterocycles. The van der Waals surface area contributed by atoms with Gasteiger partial charge in [-0.15, -0.1) is 5.10 Å². The molecule has 1 aromatic heterocycles. The predicted molar refractivity (Wildman–Crippen MR) is 80.9 cm³/mol. The third-order valence-corrected chi connectivity index (χ3v) is 4.44. The van der Waals surface area contributed by atoms with E-state index in [2.05, 4.69) is 20.8 Å². The largest absolute Gasteiger partial charge is 0.481 e. The third-order valence-electron chi connectivity index (χ3n) is 4.44. The number of nitrogens with zero attached hydrogens (tertiary/aromatic N) is 4. The summed E-state index contributed by atoms with van der Waals surface area (Å²) in [6, 6.07) is 4.00. The summed E-state index contributed by atoms with van der Waals surface area (Å²) in [7, 11) is 0. The summed E-state index contributed by atoms with van der Waals surface area (Å²) in [5, 5.41) is 22.6. The number of carbonyl (C=O) groups excluding carboxylic acids is 1. The van der Waals surface area contributed by atoms with E-state index in [4.69, 9.17) is 5.11 Å². The highest BCUT2D eigenvalue weighted by atomic mass is 19.1. The van der Waals surface area contributed by atoms with E-state index in [0.29, 0.717) is 11.5 Å². The summed E-state index contributed by atoms with van der Waals surface area (Å²) in [4.78, 5) is 23.5. The van der Waals surface area contributed by atoms with Crippen LogP contribution in [0.5, 0.6) is 0 Å². The van der Waals surface area contributed by atoms with Crippen molar-refractivity contribution in [3.8, 4) is 5.69 Å². The molecule has 0 radical (unpaired) electrons. The number of halogens is 1. The van der Waals surface area contributed by atoms with E-state index in [1.165, 1.54) is 22.9 Å². The molecular formula is C15H16FN5O3. The molecule has 2 atom stereocenters. The number of aliphatic carboxylic acids is 1. The number of carboxylic acid groups (broad SMARTS) is 1. The Bertz CT molecular complexity index is 832. The van der Waals surface area contributed by atoms with Crippen LogP contribution in [0.3, 0.4) is 0 Å². The first-order valence-corrected chi connectivity index (χ1v) is 7.32. The molecule has 2 aromatic rings. The van der Waals surface area contributed by atoms with Crippen LogP contribution in [0, 0.1) is 30.0 Å². The van der Waals surface area contributed by atoms with E-state index < -0.39 is 34.9 Å². The predicted octanol–water partition coefficient (Wildman–Crippen LogP) is 1.41. The van der Waals surface area contributed by atoms with Crippen LogP contribution >= 0.6 is 0 Å². The SMILES string of the molecule is Cc1nnnn1-c1cc(NC(=O)[C@@H]2[C@H](C(=O)O)C2(C)C)ccc1F. The summed E-state index contributed by atoms with van der Waals surface area (Å²) < 4.78 is 15.2. The Morgan fingerprint density at radius 1 is 1.33 bits per heavy atom. The molecule has 0 spiro atoms. The monoisotopic (exact) mass is 333 g/mol. The van der Waals surface area contributed by atoms with Crippen molar-refractivity contribution in [2.45, 2.75) is 20.8 Å². The van der Waals surface area contributed by atoms with Crippen molar-refractivity contribution in [1.82, 2.24) is 20.2 Å². The van der Waals surface area contributed by atoms with Crippen LogP contribution in [0.4, 0.5) is 10.1 Å². The number of tetrazole rings is 1. The molecule has 0 bridgehead atoms. The zero-order chi connectivity index (χ0) is 17.6. The minimum atomic E-state index is -0.996. The third kappa shape index (κ3) is 2.51. The summed E-state index contributed by atoms with van der Waals surface area (Å²) in [6.45, 7) is 5.09. The molecule has 1 aromatic carbocycles. The van der Waals surface area contributed by atoms with Gasteiger partial charge in [0.05, 0.1) is 11.8 Å². The van der Waals surface area contributed by atoms with Crippen LogP contribution in [0.15, 0.2) is 18.2 Å². The molecule has 1 heterocycles. The van der Waals surface area contributed by atoms with Gasteiger partial charge in [0, 0.05) is 5.69 Å². The Hall–Kier alpha value is -2.84. The summed E-state index contributed by atoms with van der Waals surface area (Å²) in [5.74, 6) is -2.90. The quantitative estimate of drug-likeness (QED) is 0.875. The average molecular weight is 333 g/mol. The van der Waals surface area contributed by atoms with Crippen LogP contribution < -0.4 is 5.32 Å². The first kappa shape index (κ1) is 16.0. The Balaban J connectivity index is 1.83. The Morgan fingerprint density at radius 3 is 2.58 bits per heavy atom. The zero-order valence-corrected chi connectivity index (χ0v) is 13.3. The van der Waals surface area contributed by atoms with Crippen molar-refractivity contribution in [1.29, 1.82) is 0 Å². The van der Waals surface area contributed by atoms with E-state index in [-0.39, 0.29) is 5.69 Å². The van der Waals surface area contributed by atoms with Gasteiger partial charge in [0.1, 0.15) is 11.5 Å². The van der Waals surface area contributed by atoms with Gasteiger partial charge in [0.15, 0.2) is 5.82 Å². The lowest BCUT2D eigenvalue weighted by Crippen LogP contribution is -2.18. The lowest BCUT2D eigenvalue weighted by molar-refractivity contribution is -0.140. The number of benzene rings is 1. The maximum atomic E-state index is 14.0. The number of aryl methyl sites for hydroxylation is 1. The fourth-order valence-corrected chi connectivity index (χ4v) is 3.02. The minimum absolute atomic E-state index is 0.0974. The molecule has 1 aliphatic rings. The maximum absolute atomic E-state index is 14.0. The normalized spacial score (nSPS) is 21.3. The van der Waals surface area contributed by atoms with Gasteiger partial charge in [-0.25, -0.2) is 4.39 Å². The highest BCUT2D eigenvalue weighted by Crippen LogP contribution is 2.58. The second-order valence-electron chi connectivity index (χ2n) is 6.41. The van der Waals surface area contributed by atoms with E-state index in [0.717, 1.165) is 0 Å². The average Bonchev–Trinajstić information content (AvgIpc) is 2.84.